The average molecular weight is 794 g/mol. The summed E-state index contributed by atoms with van der Waals surface area (Å²) in [5.41, 5.74) is 27.1. The van der Waals surface area contributed by atoms with Gasteiger partial charge in [0.15, 0.2) is 0 Å². The van der Waals surface area contributed by atoms with E-state index in [0.29, 0.717) is 17.8 Å². The number of nitriles is 1. The molecule has 3 heteroatoms. The van der Waals surface area contributed by atoms with Gasteiger partial charge in [-0.2, -0.15) is 5.26 Å². The van der Waals surface area contributed by atoms with E-state index in [-0.39, 0.29) is 0 Å². The van der Waals surface area contributed by atoms with Crippen LogP contribution in [0.15, 0.2) is 205 Å². The summed E-state index contributed by atoms with van der Waals surface area (Å²) in [5, 5.41) is 13.2. The van der Waals surface area contributed by atoms with E-state index < -0.39 is 0 Å². The van der Waals surface area contributed by atoms with E-state index in [9.17, 15) is 5.26 Å². The predicted molar refractivity (Wildman–Crippen MR) is 260 cm³/mol. The highest BCUT2D eigenvalue weighted by Gasteiger charge is 2.23. The maximum atomic E-state index is 10.6. The molecule has 1 aliphatic carbocycles. The zero-order valence-corrected chi connectivity index (χ0v) is 34.7. The van der Waals surface area contributed by atoms with Crippen LogP contribution in [-0.2, 0) is 6.42 Å². The third-order valence-corrected chi connectivity index (χ3v) is 12.1. The summed E-state index contributed by atoms with van der Waals surface area (Å²) >= 11 is 0. The minimum Gasteiger partial charge on any atom is -0.383 e. The quantitative estimate of drug-likeness (QED) is 0.117. The molecule has 0 amide bonds. The number of nitrogens with zero attached hydrogens (tertiary/aromatic N) is 2. The minimum atomic E-state index is 0.489. The van der Waals surface area contributed by atoms with Gasteiger partial charge in [-0.3, -0.25) is 0 Å². The number of aliphatic imine (C=N–C) groups is 1. The number of allylic oxidation sites excluding steroid dienone is 1. The van der Waals surface area contributed by atoms with Crippen molar-refractivity contribution in [3.05, 3.63) is 234 Å². The van der Waals surface area contributed by atoms with Crippen molar-refractivity contribution in [3.63, 3.8) is 0 Å². The van der Waals surface area contributed by atoms with Crippen LogP contribution in [0.5, 0.6) is 0 Å². The second-order valence-electron chi connectivity index (χ2n) is 16.2. The maximum Gasteiger partial charge on any atom is 0.131 e. The van der Waals surface area contributed by atoms with Crippen LogP contribution in [0.2, 0.25) is 0 Å². The van der Waals surface area contributed by atoms with Gasteiger partial charge in [-0.1, -0.05) is 199 Å². The number of nitrogens with two attached hydrogens (primary N) is 1. The molecule has 0 aromatic heterocycles. The first-order valence-corrected chi connectivity index (χ1v) is 21.1. The van der Waals surface area contributed by atoms with Crippen LogP contribution in [0.3, 0.4) is 0 Å². The Labute approximate surface area is 363 Å². The molecule has 9 aromatic rings. The number of aryl methyl sites for hydroxylation is 2. The summed E-state index contributed by atoms with van der Waals surface area (Å²) in [5.74, 6) is 0.489. The molecule has 2 N–H and O–H groups in total. The van der Waals surface area contributed by atoms with Crippen LogP contribution in [0, 0.1) is 25.2 Å². The Hall–Kier alpha value is -8.06. The van der Waals surface area contributed by atoms with Crippen molar-refractivity contribution in [1.82, 2.24) is 0 Å². The lowest BCUT2D eigenvalue weighted by atomic mass is 9.87. The Balaban J connectivity index is 0.954. The van der Waals surface area contributed by atoms with E-state index >= 15 is 0 Å². The lowest BCUT2D eigenvalue weighted by Crippen LogP contribution is -2.13. The first-order chi connectivity index (χ1) is 30.4. The maximum absolute atomic E-state index is 10.6. The number of amidine groups is 1. The van der Waals surface area contributed by atoms with Crippen molar-refractivity contribution in [2.45, 2.75) is 20.3 Å². The normalized spacial score (nSPS) is 12.0. The van der Waals surface area contributed by atoms with E-state index in [2.05, 4.69) is 202 Å². The number of hydrogen-bond donors (Lipinski definition) is 1. The molecule has 1 aliphatic rings. The summed E-state index contributed by atoms with van der Waals surface area (Å²) in [6.07, 6.45) is 2.85. The fraction of sp³-hybridized carbons (Fsp3) is 0.0508. The molecule has 9 aromatic carbocycles. The summed E-state index contributed by atoms with van der Waals surface area (Å²) in [4.78, 5) is 4.94. The molecule has 0 unspecified atom stereocenters. The molecule has 0 aliphatic heterocycles. The first-order valence-electron chi connectivity index (χ1n) is 21.1. The Morgan fingerprint density at radius 1 is 0.484 bits per heavy atom. The van der Waals surface area contributed by atoms with Gasteiger partial charge in [-0.25, -0.2) is 4.99 Å². The van der Waals surface area contributed by atoms with Gasteiger partial charge in [0.1, 0.15) is 5.84 Å². The molecule has 0 heterocycles. The predicted octanol–water partition coefficient (Wildman–Crippen LogP) is 14.6. The van der Waals surface area contributed by atoms with Crippen molar-refractivity contribution in [3.8, 4) is 72.8 Å². The molecule has 294 valence electrons. The first kappa shape index (κ1) is 38.2. The molecule has 0 saturated heterocycles. The van der Waals surface area contributed by atoms with Crippen LogP contribution in [-0.4, -0.2) is 5.84 Å². The number of benzene rings is 9. The summed E-state index contributed by atoms with van der Waals surface area (Å²) < 4.78 is 0. The molecule has 62 heavy (non-hydrogen) atoms. The Kier molecular flexibility index (Phi) is 9.96. The van der Waals surface area contributed by atoms with Crippen molar-refractivity contribution < 1.29 is 0 Å². The molecule has 0 atom stereocenters. The van der Waals surface area contributed by atoms with Crippen molar-refractivity contribution in [2.75, 3.05) is 0 Å². The van der Waals surface area contributed by atoms with Crippen LogP contribution in [0.4, 0.5) is 0 Å². The fourth-order valence-corrected chi connectivity index (χ4v) is 8.89. The molecular formula is C59H43N3. The van der Waals surface area contributed by atoms with Crippen molar-refractivity contribution >= 4 is 22.3 Å². The second kappa shape index (κ2) is 16.2. The van der Waals surface area contributed by atoms with E-state index in [4.69, 9.17) is 10.7 Å². The van der Waals surface area contributed by atoms with Gasteiger partial charge in [0.05, 0.1) is 17.3 Å². The molecule has 0 saturated carbocycles. The highest BCUT2D eigenvalue weighted by molar-refractivity contribution is 6.19. The third kappa shape index (κ3) is 7.19. The number of fused-ring (bicyclic) bond motifs is 3. The fourth-order valence-electron chi connectivity index (χ4n) is 8.89. The Morgan fingerprint density at radius 3 is 1.65 bits per heavy atom. The van der Waals surface area contributed by atoms with E-state index in [0.717, 1.165) is 61.3 Å². The summed E-state index contributed by atoms with van der Waals surface area (Å²) in [7, 11) is 0. The summed E-state index contributed by atoms with van der Waals surface area (Å²) in [6.45, 7) is 4.16. The monoisotopic (exact) mass is 793 g/mol. The lowest BCUT2D eigenvalue weighted by molar-refractivity contribution is 1.26. The third-order valence-electron chi connectivity index (χ3n) is 12.1. The van der Waals surface area contributed by atoms with Gasteiger partial charge in [0.2, 0.25) is 0 Å². The van der Waals surface area contributed by atoms with Gasteiger partial charge in [-0.15, -0.1) is 0 Å². The van der Waals surface area contributed by atoms with Crippen molar-refractivity contribution in [1.29, 1.82) is 5.26 Å². The number of hydrogen-bond acceptors (Lipinski definition) is 2. The molecule has 0 spiro atoms. The van der Waals surface area contributed by atoms with Gasteiger partial charge >= 0.3 is 0 Å². The van der Waals surface area contributed by atoms with Crippen LogP contribution < -0.4 is 5.73 Å². The molecule has 0 fully saturated rings. The Bertz CT molecular complexity index is 3260. The minimum absolute atomic E-state index is 0.489. The highest BCUT2D eigenvalue weighted by Crippen LogP contribution is 2.50. The van der Waals surface area contributed by atoms with Gasteiger partial charge in [0, 0.05) is 11.1 Å². The van der Waals surface area contributed by atoms with E-state index in [1.807, 2.05) is 18.2 Å². The standard InChI is InChI=1S/C59H43N3/c1-38-20-25-41(26-21-38)57(62-59(61)42-27-22-39(2)23-28-42)33-24-40-10-7-11-43(34-40)44-12-8-13-45(35-44)46-29-30-48(47(36-46)37-60)49-14-3-4-15-50(49)53-31-32-56-52-17-6-5-16-51(52)54-18-9-19-55(53)58(54)56/h3-23,25-36H,24H2,1-2H3,(H2,61,62)/b57-33-. The summed E-state index contributed by atoms with van der Waals surface area (Å²) in [6, 6.07) is 70.9. The Morgan fingerprint density at radius 2 is 0.984 bits per heavy atom. The topological polar surface area (TPSA) is 62.2 Å². The van der Waals surface area contributed by atoms with Crippen LogP contribution in [0.1, 0.15) is 33.4 Å². The zero-order valence-electron chi connectivity index (χ0n) is 34.7. The zero-order chi connectivity index (χ0) is 42.2. The van der Waals surface area contributed by atoms with Gasteiger partial charge in [-0.05, 0) is 115 Å². The average Bonchev–Trinajstić information content (AvgIpc) is 3.65. The van der Waals surface area contributed by atoms with Crippen LogP contribution >= 0.6 is 0 Å². The highest BCUT2D eigenvalue weighted by atomic mass is 14.9. The SMILES string of the molecule is Cc1ccc(C(N)=N/C(=C\Cc2cccc(-c3cccc(-c4ccc(-c5ccccc5-c5ccc6c7c(cccc57)-c5ccccc5-6)c(C#N)c4)c3)c2)c2ccc(C)cc2)cc1. The largest absolute Gasteiger partial charge is 0.383 e. The smallest absolute Gasteiger partial charge is 0.131 e. The van der Waals surface area contributed by atoms with Crippen LogP contribution in [0.25, 0.3) is 83.2 Å². The molecular weight excluding hydrogens is 751 g/mol. The molecule has 3 nitrogen and oxygen atoms in total. The molecule has 10 rings (SSSR count). The van der Waals surface area contributed by atoms with Crippen molar-refractivity contribution in [2.24, 2.45) is 10.7 Å². The molecule has 0 radical (unpaired) electrons. The lowest BCUT2D eigenvalue weighted by Gasteiger charge is -2.16. The number of rotatable bonds is 9. The molecule has 0 bridgehead atoms. The second-order valence-corrected chi connectivity index (χ2v) is 16.2. The van der Waals surface area contributed by atoms with E-state index in [1.165, 1.54) is 49.7 Å². The van der Waals surface area contributed by atoms with Gasteiger partial charge in [0.25, 0.3) is 0 Å². The van der Waals surface area contributed by atoms with Gasteiger partial charge < -0.3 is 5.73 Å². The van der Waals surface area contributed by atoms with E-state index in [1.54, 1.807) is 0 Å².